The topological polar surface area (TPSA) is 58.4 Å². The Morgan fingerprint density at radius 3 is 2.11 bits per heavy atom. The zero-order valence-electron chi connectivity index (χ0n) is 13.1. The maximum Gasteiger partial charge on any atom is 0.237 e. The normalized spacial score (nSPS) is 17.2. The number of hydrogen-bond acceptors (Lipinski definition) is 3. The van der Waals surface area contributed by atoms with Crippen LogP contribution in [0, 0.1) is 5.92 Å². The van der Waals surface area contributed by atoms with Crippen LogP contribution < -0.4 is 11.1 Å². The Bertz CT molecular complexity index is 266. The monoisotopic (exact) mass is 257 g/mol. The average molecular weight is 257 g/mol. The molecule has 0 bridgehead atoms. The highest BCUT2D eigenvalue weighted by molar-refractivity contribution is 5.84. The third-order valence-electron chi connectivity index (χ3n) is 3.78. The summed E-state index contributed by atoms with van der Waals surface area (Å²) in [6, 6.07) is 0.747. The SMILES string of the molecule is CC(C)NC(C)(CCN(C)C(C)C(C)C)C(N)=O. The van der Waals surface area contributed by atoms with Crippen LogP contribution in [0.5, 0.6) is 0 Å². The molecule has 4 heteroatoms. The number of nitrogens with one attached hydrogen (secondary N) is 1. The molecule has 0 aromatic heterocycles. The maximum absolute atomic E-state index is 11.6. The van der Waals surface area contributed by atoms with Gasteiger partial charge in [0.25, 0.3) is 0 Å². The van der Waals surface area contributed by atoms with Crippen molar-refractivity contribution in [2.24, 2.45) is 11.7 Å². The summed E-state index contributed by atoms with van der Waals surface area (Å²) in [5.74, 6) is 0.328. The van der Waals surface area contributed by atoms with Gasteiger partial charge in [0, 0.05) is 18.6 Å². The van der Waals surface area contributed by atoms with Gasteiger partial charge in [-0.1, -0.05) is 13.8 Å². The van der Waals surface area contributed by atoms with Crippen molar-refractivity contribution in [2.45, 2.75) is 65.6 Å². The number of nitrogens with zero attached hydrogens (tertiary/aromatic N) is 1. The third-order valence-corrected chi connectivity index (χ3v) is 3.78. The van der Waals surface area contributed by atoms with Crippen LogP contribution in [-0.2, 0) is 4.79 Å². The van der Waals surface area contributed by atoms with E-state index in [1.165, 1.54) is 0 Å². The number of rotatable bonds is 8. The molecule has 0 saturated heterocycles. The van der Waals surface area contributed by atoms with Gasteiger partial charge in [-0.2, -0.15) is 0 Å². The molecule has 0 rings (SSSR count). The summed E-state index contributed by atoms with van der Waals surface area (Å²) < 4.78 is 0. The highest BCUT2D eigenvalue weighted by Gasteiger charge is 2.31. The Kier molecular flexibility index (Phi) is 6.86. The van der Waals surface area contributed by atoms with Gasteiger partial charge in [-0.3, -0.25) is 4.79 Å². The lowest BCUT2D eigenvalue weighted by molar-refractivity contribution is -0.124. The smallest absolute Gasteiger partial charge is 0.237 e. The Labute approximate surface area is 112 Å². The van der Waals surface area contributed by atoms with Crippen LogP contribution in [-0.4, -0.2) is 42.0 Å². The van der Waals surface area contributed by atoms with Gasteiger partial charge >= 0.3 is 0 Å². The zero-order chi connectivity index (χ0) is 14.5. The lowest BCUT2D eigenvalue weighted by Gasteiger charge is -2.34. The fraction of sp³-hybridized carbons (Fsp3) is 0.929. The summed E-state index contributed by atoms with van der Waals surface area (Å²) in [5, 5.41) is 3.28. The van der Waals surface area contributed by atoms with Gasteiger partial charge in [0.1, 0.15) is 0 Å². The van der Waals surface area contributed by atoms with E-state index in [-0.39, 0.29) is 11.9 Å². The molecule has 2 atom stereocenters. The van der Waals surface area contributed by atoms with E-state index in [1.807, 2.05) is 20.8 Å². The summed E-state index contributed by atoms with van der Waals surface area (Å²) in [6.07, 6.45) is 0.730. The van der Waals surface area contributed by atoms with E-state index in [2.05, 4.69) is 38.0 Å². The lowest BCUT2D eigenvalue weighted by atomic mass is 9.94. The number of amides is 1. The molecule has 3 N–H and O–H groups in total. The van der Waals surface area contributed by atoms with Crippen LogP contribution in [0.2, 0.25) is 0 Å². The first kappa shape index (κ1) is 17.4. The van der Waals surface area contributed by atoms with Gasteiger partial charge in [-0.25, -0.2) is 0 Å². The Morgan fingerprint density at radius 1 is 1.28 bits per heavy atom. The third kappa shape index (κ3) is 5.36. The van der Waals surface area contributed by atoms with Crippen molar-refractivity contribution >= 4 is 5.91 Å². The standard InChI is InChI=1S/C14H31N3O/c1-10(2)12(5)17(7)9-8-14(6,13(15)18)16-11(3)4/h10-12,16H,8-9H2,1-7H3,(H2,15,18). The molecule has 0 aliphatic carbocycles. The van der Waals surface area contributed by atoms with Crippen LogP contribution in [0.25, 0.3) is 0 Å². The molecule has 18 heavy (non-hydrogen) atoms. The molecule has 0 aliphatic heterocycles. The Hall–Kier alpha value is -0.610. The van der Waals surface area contributed by atoms with Crippen molar-refractivity contribution in [3.05, 3.63) is 0 Å². The van der Waals surface area contributed by atoms with Crippen LogP contribution >= 0.6 is 0 Å². The Balaban J connectivity index is 4.49. The number of nitrogens with two attached hydrogens (primary N) is 1. The summed E-state index contributed by atoms with van der Waals surface area (Å²) in [7, 11) is 2.10. The predicted molar refractivity (Wildman–Crippen MR) is 77.4 cm³/mol. The first-order chi connectivity index (χ1) is 8.10. The minimum Gasteiger partial charge on any atom is -0.368 e. The number of carbonyl (C=O) groups is 1. The second-order valence-electron chi connectivity index (χ2n) is 6.21. The molecule has 0 aliphatic rings. The van der Waals surface area contributed by atoms with E-state index in [0.717, 1.165) is 13.0 Å². The quantitative estimate of drug-likeness (QED) is 0.694. The van der Waals surface area contributed by atoms with Crippen LogP contribution in [0.4, 0.5) is 0 Å². The molecule has 1 amide bonds. The predicted octanol–water partition coefficient (Wildman–Crippen LogP) is 1.59. The number of primary amides is 1. The van der Waals surface area contributed by atoms with Gasteiger partial charge in [0.2, 0.25) is 5.91 Å². The Morgan fingerprint density at radius 2 is 1.78 bits per heavy atom. The van der Waals surface area contributed by atoms with E-state index in [0.29, 0.717) is 12.0 Å². The molecule has 4 nitrogen and oxygen atoms in total. The minimum absolute atomic E-state index is 0.246. The van der Waals surface area contributed by atoms with Crippen molar-refractivity contribution < 1.29 is 4.79 Å². The molecule has 0 spiro atoms. The molecule has 0 saturated carbocycles. The second kappa shape index (κ2) is 7.10. The lowest BCUT2D eigenvalue weighted by Crippen LogP contribution is -2.57. The largest absolute Gasteiger partial charge is 0.368 e. The molecule has 0 aromatic rings. The van der Waals surface area contributed by atoms with E-state index in [1.54, 1.807) is 0 Å². The summed E-state index contributed by atoms with van der Waals surface area (Å²) in [6.45, 7) is 13.4. The highest BCUT2D eigenvalue weighted by atomic mass is 16.1. The highest BCUT2D eigenvalue weighted by Crippen LogP contribution is 2.14. The van der Waals surface area contributed by atoms with Gasteiger partial charge in [0.15, 0.2) is 0 Å². The van der Waals surface area contributed by atoms with Crippen molar-refractivity contribution in [3.63, 3.8) is 0 Å². The molecular weight excluding hydrogens is 226 g/mol. The number of carbonyl (C=O) groups excluding carboxylic acids is 1. The minimum atomic E-state index is -0.626. The van der Waals surface area contributed by atoms with Gasteiger partial charge < -0.3 is 16.0 Å². The van der Waals surface area contributed by atoms with E-state index < -0.39 is 5.54 Å². The summed E-state index contributed by atoms with van der Waals surface area (Å²) in [5.41, 5.74) is 4.90. The summed E-state index contributed by atoms with van der Waals surface area (Å²) in [4.78, 5) is 13.9. The first-order valence-electron chi connectivity index (χ1n) is 6.88. The fourth-order valence-electron chi connectivity index (χ4n) is 2.02. The molecule has 108 valence electrons. The first-order valence-corrected chi connectivity index (χ1v) is 6.88. The van der Waals surface area contributed by atoms with Crippen molar-refractivity contribution in [1.82, 2.24) is 10.2 Å². The summed E-state index contributed by atoms with van der Waals surface area (Å²) >= 11 is 0. The molecular formula is C14H31N3O. The van der Waals surface area contributed by atoms with Gasteiger partial charge in [-0.15, -0.1) is 0 Å². The molecule has 0 heterocycles. The molecule has 0 fully saturated rings. The van der Waals surface area contributed by atoms with Crippen molar-refractivity contribution in [2.75, 3.05) is 13.6 Å². The molecule has 2 unspecified atom stereocenters. The fourth-order valence-corrected chi connectivity index (χ4v) is 2.02. The van der Waals surface area contributed by atoms with E-state index >= 15 is 0 Å². The van der Waals surface area contributed by atoms with Crippen molar-refractivity contribution in [3.8, 4) is 0 Å². The zero-order valence-corrected chi connectivity index (χ0v) is 13.1. The van der Waals surface area contributed by atoms with Crippen molar-refractivity contribution in [1.29, 1.82) is 0 Å². The number of hydrogen-bond donors (Lipinski definition) is 2. The molecule has 0 radical (unpaired) electrons. The maximum atomic E-state index is 11.6. The average Bonchev–Trinajstić information content (AvgIpc) is 2.23. The van der Waals surface area contributed by atoms with E-state index in [4.69, 9.17) is 5.73 Å². The van der Waals surface area contributed by atoms with Crippen LogP contribution in [0.15, 0.2) is 0 Å². The molecule has 0 aromatic carbocycles. The van der Waals surface area contributed by atoms with Gasteiger partial charge in [-0.05, 0) is 47.1 Å². The second-order valence-corrected chi connectivity index (χ2v) is 6.21. The van der Waals surface area contributed by atoms with Crippen LogP contribution in [0.1, 0.15) is 48.0 Å². The van der Waals surface area contributed by atoms with Crippen LogP contribution in [0.3, 0.4) is 0 Å². The van der Waals surface area contributed by atoms with Gasteiger partial charge in [0.05, 0.1) is 5.54 Å². The van der Waals surface area contributed by atoms with E-state index in [9.17, 15) is 4.79 Å².